The van der Waals surface area contributed by atoms with Crippen LogP contribution in [-0.4, -0.2) is 0 Å². The van der Waals surface area contributed by atoms with Gasteiger partial charge in [-0.15, -0.1) is 0 Å². The monoisotopic (exact) mass is 475 g/mol. The first kappa shape index (κ1) is 20.0. The zero-order chi connectivity index (χ0) is 21.8. The highest BCUT2D eigenvalue weighted by Crippen LogP contribution is 2.51. The van der Waals surface area contributed by atoms with Gasteiger partial charge in [-0.2, -0.15) is 0 Å². The molecule has 0 saturated heterocycles. The number of nitrogens with zero attached hydrogens (tertiary/aromatic N) is 1. The molecule has 31 heavy (non-hydrogen) atoms. The smallest absolute Gasteiger partial charge is 0.123 e. The number of halogens is 3. The van der Waals surface area contributed by atoms with Crippen molar-refractivity contribution in [2.45, 2.75) is 19.3 Å². The normalized spacial score (nSPS) is 13.6. The first-order chi connectivity index (χ1) is 14.8. The summed E-state index contributed by atoms with van der Waals surface area (Å²) in [6.45, 7) is 4.46. The van der Waals surface area contributed by atoms with Gasteiger partial charge < -0.3 is 4.90 Å². The Kier molecular flexibility index (Phi) is 4.71. The Balaban J connectivity index is 1.68. The maximum Gasteiger partial charge on any atom is 0.123 e. The first-order valence-corrected chi connectivity index (χ1v) is 10.9. The largest absolute Gasteiger partial charge is 0.310 e. The second-order valence-corrected chi connectivity index (χ2v) is 9.25. The van der Waals surface area contributed by atoms with Crippen molar-refractivity contribution in [2.75, 3.05) is 4.90 Å². The second kappa shape index (κ2) is 7.31. The molecule has 0 saturated carbocycles. The number of anilines is 3. The fourth-order valence-electron chi connectivity index (χ4n) is 4.46. The minimum absolute atomic E-state index is 0.165. The van der Waals surface area contributed by atoms with Gasteiger partial charge in [-0.1, -0.05) is 41.9 Å². The van der Waals surface area contributed by atoms with Gasteiger partial charge in [0.05, 0.1) is 0 Å². The Morgan fingerprint density at radius 2 is 1.06 bits per heavy atom. The third-order valence-corrected chi connectivity index (χ3v) is 6.54. The van der Waals surface area contributed by atoms with Gasteiger partial charge in [0.1, 0.15) is 11.6 Å². The molecule has 1 aliphatic rings. The van der Waals surface area contributed by atoms with Gasteiger partial charge in [-0.3, -0.25) is 0 Å². The van der Waals surface area contributed by atoms with Crippen LogP contribution in [0.2, 0.25) is 0 Å². The molecule has 0 heterocycles. The Bertz CT molecular complexity index is 1230. The van der Waals surface area contributed by atoms with E-state index in [9.17, 15) is 8.78 Å². The number of hydrogen-bond donors (Lipinski definition) is 0. The second-order valence-electron chi connectivity index (χ2n) is 8.33. The van der Waals surface area contributed by atoms with E-state index in [2.05, 4.69) is 66.2 Å². The topological polar surface area (TPSA) is 3.24 Å². The van der Waals surface area contributed by atoms with Crippen molar-refractivity contribution < 1.29 is 8.78 Å². The number of rotatable bonds is 3. The molecule has 1 aliphatic carbocycles. The van der Waals surface area contributed by atoms with Gasteiger partial charge in [-0.25, -0.2) is 8.78 Å². The van der Waals surface area contributed by atoms with Crippen molar-refractivity contribution in [1.29, 1.82) is 0 Å². The van der Waals surface area contributed by atoms with E-state index in [1.54, 1.807) is 24.3 Å². The predicted molar refractivity (Wildman–Crippen MR) is 126 cm³/mol. The third kappa shape index (κ3) is 3.35. The van der Waals surface area contributed by atoms with Crippen molar-refractivity contribution in [3.8, 4) is 11.1 Å². The molecule has 4 heteroatoms. The van der Waals surface area contributed by atoms with Crippen LogP contribution in [0.25, 0.3) is 11.1 Å². The van der Waals surface area contributed by atoms with Crippen molar-refractivity contribution in [2.24, 2.45) is 0 Å². The molecule has 0 N–H and O–H groups in total. The molecule has 0 fully saturated rings. The van der Waals surface area contributed by atoms with E-state index in [1.165, 1.54) is 46.5 Å². The molecule has 154 valence electrons. The lowest BCUT2D eigenvalue weighted by Gasteiger charge is -2.28. The van der Waals surface area contributed by atoms with Crippen molar-refractivity contribution in [3.05, 3.63) is 112 Å². The number of fused-ring (bicyclic) bond motifs is 3. The molecule has 0 atom stereocenters. The van der Waals surface area contributed by atoms with E-state index in [4.69, 9.17) is 0 Å². The standard InChI is InChI=1S/C27H20BrF2N/c1-27(2)25-15-17(28)3-13-23(25)24-14-12-22(16-26(24)27)31(20-8-4-18(29)5-9-20)21-10-6-19(30)7-11-21/h3-16H,1-2H3. The van der Waals surface area contributed by atoms with Crippen LogP contribution in [0.15, 0.2) is 89.4 Å². The summed E-state index contributed by atoms with van der Waals surface area (Å²) >= 11 is 3.60. The van der Waals surface area contributed by atoms with Gasteiger partial charge >= 0.3 is 0 Å². The Hall–Kier alpha value is -2.98. The molecule has 0 aromatic heterocycles. The molecule has 0 aliphatic heterocycles. The lowest BCUT2D eigenvalue weighted by atomic mass is 9.82. The molecule has 0 radical (unpaired) electrons. The lowest BCUT2D eigenvalue weighted by Crippen LogP contribution is -2.16. The highest BCUT2D eigenvalue weighted by atomic mass is 79.9. The molecule has 0 amide bonds. The summed E-state index contributed by atoms with van der Waals surface area (Å²) in [6.07, 6.45) is 0. The number of hydrogen-bond acceptors (Lipinski definition) is 1. The van der Waals surface area contributed by atoms with E-state index in [1.807, 2.05) is 4.90 Å². The van der Waals surface area contributed by atoms with Crippen LogP contribution in [0.4, 0.5) is 25.8 Å². The van der Waals surface area contributed by atoms with Gasteiger partial charge in [0.25, 0.3) is 0 Å². The zero-order valence-corrected chi connectivity index (χ0v) is 18.8. The SMILES string of the molecule is CC1(C)c2cc(Br)ccc2-c2ccc(N(c3ccc(F)cc3)c3ccc(F)cc3)cc21. The molecule has 1 nitrogen and oxygen atoms in total. The molecular formula is C27H20BrF2N. The average molecular weight is 476 g/mol. The van der Waals surface area contributed by atoms with Gasteiger partial charge in [0.15, 0.2) is 0 Å². The fraction of sp³-hybridized carbons (Fsp3) is 0.111. The highest BCUT2D eigenvalue weighted by molar-refractivity contribution is 9.10. The van der Waals surface area contributed by atoms with Crippen LogP contribution in [-0.2, 0) is 5.41 Å². The van der Waals surface area contributed by atoms with E-state index in [0.717, 1.165) is 21.5 Å². The Morgan fingerprint density at radius 3 is 1.61 bits per heavy atom. The minimum Gasteiger partial charge on any atom is -0.310 e. The summed E-state index contributed by atoms with van der Waals surface area (Å²) in [7, 11) is 0. The minimum atomic E-state index is -0.293. The van der Waals surface area contributed by atoms with Crippen LogP contribution >= 0.6 is 15.9 Å². The van der Waals surface area contributed by atoms with E-state index >= 15 is 0 Å². The maximum absolute atomic E-state index is 13.6. The molecule has 4 aromatic carbocycles. The van der Waals surface area contributed by atoms with Gasteiger partial charge in [0.2, 0.25) is 0 Å². The van der Waals surface area contributed by atoms with Crippen LogP contribution in [0.1, 0.15) is 25.0 Å². The summed E-state index contributed by atoms with van der Waals surface area (Å²) in [5.41, 5.74) is 7.36. The van der Waals surface area contributed by atoms with E-state index in [0.29, 0.717) is 0 Å². The molecule has 5 rings (SSSR count). The van der Waals surface area contributed by atoms with Crippen molar-refractivity contribution in [1.82, 2.24) is 0 Å². The lowest BCUT2D eigenvalue weighted by molar-refractivity contribution is 0.628. The highest BCUT2D eigenvalue weighted by Gasteiger charge is 2.36. The van der Waals surface area contributed by atoms with Gasteiger partial charge in [0, 0.05) is 26.9 Å². The Labute approximate surface area is 189 Å². The van der Waals surface area contributed by atoms with Gasteiger partial charge in [-0.05, 0) is 95.1 Å². The van der Waals surface area contributed by atoms with Crippen LogP contribution in [0.3, 0.4) is 0 Å². The average Bonchev–Trinajstić information content (AvgIpc) is 2.97. The van der Waals surface area contributed by atoms with Crippen LogP contribution < -0.4 is 4.90 Å². The molecular weight excluding hydrogens is 456 g/mol. The van der Waals surface area contributed by atoms with Crippen LogP contribution in [0, 0.1) is 11.6 Å². The molecule has 0 unspecified atom stereocenters. The fourth-order valence-corrected chi connectivity index (χ4v) is 4.83. The summed E-state index contributed by atoms with van der Waals surface area (Å²) in [5.74, 6) is -0.585. The predicted octanol–water partition coefficient (Wildman–Crippen LogP) is 8.50. The van der Waals surface area contributed by atoms with E-state index in [-0.39, 0.29) is 17.0 Å². The summed E-state index contributed by atoms with van der Waals surface area (Å²) < 4.78 is 28.3. The van der Waals surface area contributed by atoms with Crippen molar-refractivity contribution in [3.63, 3.8) is 0 Å². The zero-order valence-electron chi connectivity index (χ0n) is 17.2. The molecule has 0 spiro atoms. The summed E-state index contributed by atoms with van der Waals surface area (Å²) in [5, 5.41) is 0. The Morgan fingerprint density at radius 1 is 0.613 bits per heavy atom. The quantitative estimate of drug-likeness (QED) is 0.287. The summed E-state index contributed by atoms with van der Waals surface area (Å²) in [4.78, 5) is 2.02. The molecule has 4 aromatic rings. The van der Waals surface area contributed by atoms with E-state index < -0.39 is 0 Å². The third-order valence-electron chi connectivity index (χ3n) is 6.05. The first-order valence-electron chi connectivity index (χ1n) is 10.1. The van der Waals surface area contributed by atoms with Crippen molar-refractivity contribution >= 4 is 33.0 Å². The maximum atomic E-state index is 13.6. The number of benzene rings is 4. The summed E-state index contributed by atoms with van der Waals surface area (Å²) in [6, 6.07) is 25.5. The molecule has 0 bridgehead atoms. The van der Waals surface area contributed by atoms with Crippen LogP contribution in [0.5, 0.6) is 0 Å².